The van der Waals surface area contributed by atoms with E-state index >= 15 is 0 Å². The molecule has 1 saturated carbocycles. The fourth-order valence-electron chi connectivity index (χ4n) is 2.18. The number of rotatable bonds is 4. The van der Waals surface area contributed by atoms with Gasteiger partial charge in [0.2, 0.25) is 0 Å². The Kier molecular flexibility index (Phi) is 3.55. The minimum Gasteiger partial charge on any atom is -0.388 e. The lowest BCUT2D eigenvalue weighted by Crippen LogP contribution is -2.00. The van der Waals surface area contributed by atoms with E-state index in [4.69, 9.17) is 0 Å². The average Bonchev–Trinajstić information content (AvgIpc) is 3.14. The molecule has 0 saturated heterocycles. The second-order valence-corrected chi connectivity index (χ2v) is 6.80. The van der Waals surface area contributed by atoms with Crippen LogP contribution in [-0.4, -0.2) is 5.11 Å². The maximum atomic E-state index is 10.2. The molecule has 1 aliphatic rings. The minimum absolute atomic E-state index is 0.399. The van der Waals surface area contributed by atoms with Crippen LogP contribution in [0.4, 0.5) is 0 Å². The zero-order valence-electron chi connectivity index (χ0n) is 9.97. The van der Waals surface area contributed by atoms with Crippen LogP contribution in [0, 0.1) is 0 Å². The van der Waals surface area contributed by atoms with Gasteiger partial charge in [-0.3, -0.25) is 0 Å². The molecule has 1 heterocycles. The number of aliphatic hydroxyl groups is 1. The lowest BCUT2D eigenvalue weighted by molar-refractivity contribution is 0.179. The van der Waals surface area contributed by atoms with E-state index < -0.39 is 6.10 Å². The number of thiophene rings is 1. The van der Waals surface area contributed by atoms with Crippen molar-refractivity contribution in [3.05, 3.63) is 56.2 Å². The summed E-state index contributed by atoms with van der Waals surface area (Å²) in [7, 11) is 0. The molecule has 1 atom stereocenters. The van der Waals surface area contributed by atoms with E-state index in [0.717, 1.165) is 16.0 Å². The molecule has 0 spiro atoms. The zero-order valence-corrected chi connectivity index (χ0v) is 12.4. The quantitative estimate of drug-likeness (QED) is 0.867. The number of hydrogen-bond donors (Lipinski definition) is 1. The summed E-state index contributed by atoms with van der Waals surface area (Å²) in [5.41, 5.74) is 2.44. The molecule has 1 N–H and O–H groups in total. The molecule has 2 aromatic rings. The molecular weight excluding hydrogens is 308 g/mol. The molecule has 0 bridgehead atoms. The van der Waals surface area contributed by atoms with Gasteiger partial charge in [-0.25, -0.2) is 0 Å². The van der Waals surface area contributed by atoms with Gasteiger partial charge in [0.05, 0.1) is 6.10 Å². The highest BCUT2D eigenvalue weighted by atomic mass is 79.9. The molecule has 3 heteroatoms. The molecule has 1 aromatic carbocycles. The first-order valence-electron chi connectivity index (χ1n) is 6.23. The van der Waals surface area contributed by atoms with Crippen LogP contribution in [-0.2, 0) is 6.42 Å². The SMILES string of the molecule is OC(Cc1cc(Br)cs1)c1ccc(C2CC2)cc1. The fourth-order valence-corrected chi connectivity index (χ4v) is 3.67. The van der Waals surface area contributed by atoms with Crippen molar-refractivity contribution in [1.29, 1.82) is 0 Å². The van der Waals surface area contributed by atoms with Gasteiger partial charge in [0.25, 0.3) is 0 Å². The summed E-state index contributed by atoms with van der Waals surface area (Å²) < 4.78 is 1.10. The van der Waals surface area contributed by atoms with Crippen molar-refractivity contribution >= 4 is 27.3 Å². The van der Waals surface area contributed by atoms with E-state index in [1.807, 2.05) is 0 Å². The molecule has 0 aliphatic heterocycles. The van der Waals surface area contributed by atoms with Crippen LogP contribution < -0.4 is 0 Å². The molecule has 94 valence electrons. The van der Waals surface area contributed by atoms with E-state index in [1.165, 1.54) is 23.3 Å². The maximum absolute atomic E-state index is 10.2. The van der Waals surface area contributed by atoms with Gasteiger partial charge in [-0.2, -0.15) is 0 Å². The predicted octanol–water partition coefficient (Wildman–Crippen LogP) is 4.66. The van der Waals surface area contributed by atoms with Crippen LogP contribution in [0.2, 0.25) is 0 Å². The van der Waals surface area contributed by atoms with E-state index in [-0.39, 0.29) is 0 Å². The Morgan fingerprint density at radius 1 is 1.28 bits per heavy atom. The predicted molar refractivity (Wildman–Crippen MR) is 79.1 cm³/mol. The first-order chi connectivity index (χ1) is 8.72. The van der Waals surface area contributed by atoms with Gasteiger partial charge >= 0.3 is 0 Å². The molecule has 1 aromatic heterocycles. The number of aliphatic hydroxyl groups excluding tert-OH is 1. The van der Waals surface area contributed by atoms with E-state index in [9.17, 15) is 5.11 Å². The van der Waals surface area contributed by atoms with Crippen LogP contribution in [0.5, 0.6) is 0 Å². The largest absolute Gasteiger partial charge is 0.388 e. The first kappa shape index (κ1) is 12.4. The first-order valence-corrected chi connectivity index (χ1v) is 7.90. The van der Waals surface area contributed by atoms with Crippen molar-refractivity contribution in [2.75, 3.05) is 0 Å². The van der Waals surface area contributed by atoms with Crippen LogP contribution in [0.15, 0.2) is 40.2 Å². The zero-order chi connectivity index (χ0) is 12.5. The standard InChI is InChI=1S/C15H15BrOS/c16-13-7-14(18-9-13)8-15(17)12-5-3-11(4-6-12)10-1-2-10/h3-7,9-10,15,17H,1-2,8H2. The molecular formula is C15H15BrOS. The summed E-state index contributed by atoms with van der Waals surface area (Å²) in [5.74, 6) is 0.782. The van der Waals surface area contributed by atoms with E-state index in [2.05, 4.69) is 51.6 Å². The van der Waals surface area contributed by atoms with Gasteiger partial charge in [0.1, 0.15) is 0 Å². The van der Waals surface area contributed by atoms with Gasteiger partial charge in [0.15, 0.2) is 0 Å². The lowest BCUT2D eigenvalue weighted by atomic mass is 10.0. The Hall–Kier alpha value is -0.640. The fraction of sp³-hybridized carbons (Fsp3) is 0.333. The van der Waals surface area contributed by atoms with Crippen LogP contribution >= 0.6 is 27.3 Å². The van der Waals surface area contributed by atoms with Crippen molar-refractivity contribution in [3.8, 4) is 0 Å². The molecule has 3 rings (SSSR count). The average molecular weight is 323 g/mol. The van der Waals surface area contributed by atoms with E-state index in [0.29, 0.717) is 6.42 Å². The van der Waals surface area contributed by atoms with Crippen molar-refractivity contribution in [1.82, 2.24) is 0 Å². The van der Waals surface area contributed by atoms with Gasteiger partial charge in [-0.15, -0.1) is 11.3 Å². The summed E-state index contributed by atoms with van der Waals surface area (Å²) in [6.07, 6.45) is 2.94. The third kappa shape index (κ3) is 2.85. The normalized spacial score (nSPS) is 16.8. The summed E-state index contributed by atoms with van der Waals surface area (Å²) >= 11 is 5.12. The third-order valence-corrected chi connectivity index (χ3v) is 5.11. The molecule has 1 nitrogen and oxygen atoms in total. The second kappa shape index (κ2) is 5.16. The number of benzene rings is 1. The van der Waals surface area contributed by atoms with Gasteiger partial charge in [0, 0.05) is 21.2 Å². The van der Waals surface area contributed by atoms with Gasteiger partial charge in [-0.05, 0) is 51.9 Å². The van der Waals surface area contributed by atoms with Crippen LogP contribution in [0.25, 0.3) is 0 Å². The van der Waals surface area contributed by atoms with Crippen molar-refractivity contribution in [3.63, 3.8) is 0 Å². The molecule has 18 heavy (non-hydrogen) atoms. The highest BCUT2D eigenvalue weighted by Crippen LogP contribution is 2.40. The molecule has 0 radical (unpaired) electrons. The third-order valence-electron chi connectivity index (χ3n) is 3.39. The second-order valence-electron chi connectivity index (χ2n) is 4.89. The van der Waals surface area contributed by atoms with Crippen molar-refractivity contribution in [2.24, 2.45) is 0 Å². The maximum Gasteiger partial charge on any atom is 0.0838 e. The van der Waals surface area contributed by atoms with E-state index in [1.54, 1.807) is 11.3 Å². The molecule has 1 fully saturated rings. The molecule has 0 amide bonds. The van der Waals surface area contributed by atoms with Crippen LogP contribution in [0.3, 0.4) is 0 Å². The van der Waals surface area contributed by atoms with Gasteiger partial charge < -0.3 is 5.11 Å². The summed E-state index contributed by atoms with van der Waals surface area (Å²) in [6.45, 7) is 0. The lowest BCUT2D eigenvalue weighted by Gasteiger charge is -2.10. The topological polar surface area (TPSA) is 20.2 Å². The van der Waals surface area contributed by atoms with Crippen molar-refractivity contribution < 1.29 is 5.11 Å². The Labute approximate surface area is 120 Å². The summed E-state index contributed by atoms with van der Waals surface area (Å²) in [4.78, 5) is 1.21. The summed E-state index contributed by atoms with van der Waals surface area (Å²) in [5, 5.41) is 12.3. The minimum atomic E-state index is -0.399. The Morgan fingerprint density at radius 2 is 2.00 bits per heavy atom. The van der Waals surface area contributed by atoms with Crippen LogP contribution in [0.1, 0.15) is 40.9 Å². The number of halogens is 1. The Morgan fingerprint density at radius 3 is 2.56 bits per heavy atom. The Balaban J connectivity index is 1.69. The van der Waals surface area contributed by atoms with Gasteiger partial charge in [-0.1, -0.05) is 24.3 Å². The Bertz CT molecular complexity index is 528. The highest BCUT2D eigenvalue weighted by molar-refractivity contribution is 9.10. The monoisotopic (exact) mass is 322 g/mol. The molecule has 1 aliphatic carbocycles. The number of hydrogen-bond acceptors (Lipinski definition) is 2. The summed E-state index contributed by atoms with van der Waals surface area (Å²) in [6, 6.07) is 10.6. The van der Waals surface area contributed by atoms with Crippen molar-refractivity contribution in [2.45, 2.75) is 31.3 Å². The molecule has 1 unspecified atom stereocenters. The smallest absolute Gasteiger partial charge is 0.0838 e. The highest BCUT2D eigenvalue weighted by Gasteiger charge is 2.23.